The largest absolute Gasteiger partial charge is 0.481 e. The van der Waals surface area contributed by atoms with Crippen molar-refractivity contribution < 1.29 is 14.7 Å². The molecule has 1 amide bonds. The molecule has 2 N–H and O–H groups in total. The third kappa shape index (κ3) is 3.94. The van der Waals surface area contributed by atoms with Gasteiger partial charge in [-0.3, -0.25) is 9.59 Å². The molecule has 1 fully saturated rings. The molecule has 0 saturated carbocycles. The number of rotatable bonds is 5. The molecule has 20 heavy (non-hydrogen) atoms. The van der Waals surface area contributed by atoms with Crippen molar-refractivity contribution in [2.75, 3.05) is 24.5 Å². The minimum atomic E-state index is -0.899. The highest BCUT2D eigenvalue weighted by Gasteiger charge is 2.26. The molecule has 2 rings (SSSR count). The van der Waals surface area contributed by atoms with Crippen LogP contribution in [0.2, 0.25) is 0 Å². The molecule has 1 aliphatic heterocycles. The number of hydrogen-bond donors (Lipinski definition) is 2. The van der Waals surface area contributed by atoms with Gasteiger partial charge < -0.3 is 15.3 Å². The number of aromatic nitrogens is 1. The Bertz CT molecular complexity index is 464. The summed E-state index contributed by atoms with van der Waals surface area (Å²) in [6, 6.07) is 5.73. The van der Waals surface area contributed by atoms with Gasteiger partial charge >= 0.3 is 5.97 Å². The first-order valence-corrected chi connectivity index (χ1v) is 6.82. The molecule has 1 aromatic heterocycles. The number of carboxylic acids is 1. The standard InChI is InChI=1S/C14H19N3O3/c18-13(19)6-8-16-14(20)11-4-3-9-17(10-11)12-5-1-2-7-15-12/h1-2,5,7,11H,3-4,6,8-10H2,(H,16,20)(H,18,19). The Balaban J connectivity index is 1.87. The second-order valence-corrected chi connectivity index (χ2v) is 4.91. The van der Waals surface area contributed by atoms with Crippen molar-refractivity contribution in [3.05, 3.63) is 24.4 Å². The van der Waals surface area contributed by atoms with Crippen molar-refractivity contribution >= 4 is 17.7 Å². The van der Waals surface area contributed by atoms with E-state index < -0.39 is 5.97 Å². The van der Waals surface area contributed by atoms with Crippen molar-refractivity contribution in [1.29, 1.82) is 0 Å². The maximum atomic E-state index is 12.0. The van der Waals surface area contributed by atoms with Crippen LogP contribution in [-0.2, 0) is 9.59 Å². The van der Waals surface area contributed by atoms with Crippen molar-refractivity contribution in [2.45, 2.75) is 19.3 Å². The van der Waals surface area contributed by atoms with Crippen molar-refractivity contribution in [3.63, 3.8) is 0 Å². The third-order valence-electron chi connectivity index (χ3n) is 3.40. The summed E-state index contributed by atoms with van der Waals surface area (Å²) >= 11 is 0. The minimum absolute atomic E-state index is 0.0393. The highest BCUT2D eigenvalue weighted by Crippen LogP contribution is 2.21. The molecule has 108 valence electrons. The van der Waals surface area contributed by atoms with Crippen LogP contribution in [0.3, 0.4) is 0 Å². The molecule has 0 radical (unpaired) electrons. The van der Waals surface area contributed by atoms with Gasteiger partial charge in [0.05, 0.1) is 12.3 Å². The maximum Gasteiger partial charge on any atom is 0.305 e. The zero-order valence-electron chi connectivity index (χ0n) is 11.3. The number of amides is 1. The van der Waals surface area contributed by atoms with Gasteiger partial charge in [0.25, 0.3) is 0 Å². The summed E-state index contributed by atoms with van der Waals surface area (Å²) in [6.07, 6.45) is 3.48. The average Bonchev–Trinajstić information content (AvgIpc) is 2.48. The Morgan fingerprint density at radius 2 is 2.30 bits per heavy atom. The fraction of sp³-hybridized carbons (Fsp3) is 0.500. The number of nitrogens with zero attached hydrogens (tertiary/aromatic N) is 2. The van der Waals surface area contributed by atoms with E-state index >= 15 is 0 Å². The highest BCUT2D eigenvalue weighted by atomic mass is 16.4. The van der Waals surface area contributed by atoms with Crippen LogP contribution in [-0.4, -0.2) is 41.6 Å². The van der Waals surface area contributed by atoms with E-state index in [-0.39, 0.29) is 24.8 Å². The van der Waals surface area contributed by atoms with Gasteiger partial charge in [0.15, 0.2) is 0 Å². The van der Waals surface area contributed by atoms with Gasteiger partial charge in [-0.15, -0.1) is 0 Å². The quantitative estimate of drug-likeness (QED) is 0.835. The van der Waals surface area contributed by atoms with Gasteiger partial charge in [-0.2, -0.15) is 0 Å². The van der Waals surface area contributed by atoms with Gasteiger partial charge in [-0.05, 0) is 25.0 Å². The summed E-state index contributed by atoms with van der Waals surface area (Å²) in [7, 11) is 0. The smallest absolute Gasteiger partial charge is 0.305 e. The topological polar surface area (TPSA) is 82.5 Å². The molecule has 0 aromatic carbocycles. The van der Waals surface area contributed by atoms with E-state index in [1.165, 1.54) is 0 Å². The van der Waals surface area contributed by atoms with E-state index in [1.54, 1.807) is 6.20 Å². The Hall–Kier alpha value is -2.11. The van der Waals surface area contributed by atoms with Crippen LogP contribution in [0.15, 0.2) is 24.4 Å². The van der Waals surface area contributed by atoms with E-state index in [1.807, 2.05) is 18.2 Å². The molecule has 1 unspecified atom stereocenters. The molecule has 0 spiro atoms. The summed E-state index contributed by atoms with van der Waals surface area (Å²) in [4.78, 5) is 28.8. The number of pyridine rings is 1. The molecule has 1 aliphatic rings. The summed E-state index contributed by atoms with van der Waals surface area (Å²) in [6.45, 7) is 1.72. The number of anilines is 1. The lowest BCUT2D eigenvalue weighted by atomic mass is 9.97. The first-order chi connectivity index (χ1) is 9.66. The fourth-order valence-electron chi connectivity index (χ4n) is 2.38. The van der Waals surface area contributed by atoms with Crippen LogP contribution in [0.25, 0.3) is 0 Å². The van der Waals surface area contributed by atoms with Gasteiger partial charge in [0.1, 0.15) is 5.82 Å². The second-order valence-electron chi connectivity index (χ2n) is 4.91. The number of carboxylic acid groups (broad SMARTS) is 1. The number of carbonyl (C=O) groups is 2. The Morgan fingerprint density at radius 1 is 1.45 bits per heavy atom. The Morgan fingerprint density at radius 3 is 3.00 bits per heavy atom. The maximum absolute atomic E-state index is 12.0. The van der Waals surface area contributed by atoms with E-state index in [0.717, 1.165) is 25.2 Å². The average molecular weight is 277 g/mol. The third-order valence-corrected chi connectivity index (χ3v) is 3.40. The van der Waals surface area contributed by atoms with E-state index in [9.17, 15) is 9.59 Å². The molecule has 0 bridgehead atoms. The summed E-state index contributed by atoms with van der Waals surface area (Å²) in [5, 5.41) is 11.2. The first-order valence-electron chi connectivity index (χ1n) is 6.82. The zero-order valence-corrected chi connectivity index (χ0v) is 11.3. The molecule has 1 aromatic rings. The van der Waals surface area contributed by atoms with Crippen LogP contribution >= 0.6 is 0 Å². The number of carbonyl (C=O) groups excluding carboxylic acids is 1. The summed E-state index contributed by atoms with van der Waals surface area (Å²) in [5.41, 5.74) is 0. The second kappa shape index (κ2) is 6.88. The van der Waals surface area contributed by atoms with Gasteiger partial charge in [-0.1, -0.05) is 6.07 Å². The molecule has 0 aliphatic carbocycles. The lowest BCUT2D eigenvalue weighted by molar-refractivity contribution is -0.137. The van der Waals surface area contributed by atoms with Gasteiger partial charge in [0, 0.05) is 25.8 Å². The first kappa shape index (κ1) is 14.3. The molecule has 6 nitrogen and oxygen atoms in total. The molecule has 6 heteroatoms. The van der Waals surface area contributed by atoms with Crippen LogP contribution < -0.4 is 10.2 Å². The van der Waals surface area contributed by atoms with E-state index in [0.29, 0.717) is 6.54 Å². The van der Waals surface area contributed by atoms with Gasteiger partial charge in [-0.25, -0.2) is 4.98 Å². The van der Waals surface area contributed by atoms with Crippen molar-refractivity contribution in [2.24, 2.45) is 5.92 Å². The van der Waals surface area contributed by atoms with Crippen LogP contribution in [0.5, 0.6) is 0 Å². The number of hydrogen-bond acceptors (Lipinski definition) is 4. The number of nitrogens with one attached hydrogen (secondary N) is 1. The van der Waals surface area contributed by atoms with Crippen molar-refractivity contribution in [3.8, 4) is 0 Å². The minimum Gasteiger partial charge on any atom is -0.481 e. The highest BCUT2D eigenvalue weighted by molar-refractivity contribution is 5.80. The Labute approximate surface area is 117 Å². The lowest BCUT2D eigenvalue weighted by Crippen LogP contribution is -2.43. The predicted molar refractivity (Wildman–Crippen MR) is 74.4 cm³/mol. The van der Waals surface area contributed by atoms with Crippen LogP contribution in [0.1, 0.15) is 19.3 Å². The van der Waals surface area contributed by atoms with E-state index in [2.05, 4.69) is 15.2 Å². The summed E-state index contributed by atoms with van der Waals surface area (Å²) in [5.74, 6) is -0.175. The lowest BCUT2D eigenvalue weighted by Gasteiger charge is -2.32. The molecular formula is C14H19N3O3. The normalized spacial score (nSPS) is 18.6. The molecule has 1 saturated heterocycles. The SMILES string of the molecule is O=C(O)CCNC(=O)C1CCCN(c2ccccn2)C1. The zero-order chi connectivity index (χ0) is 14.4. The molecule has 1 atom stereocenters. The summed E-state index contributed by atoms with van der Waals surface area (Å²) < 4.78 is 0. The number of piperidine rings is 1. The molecular weight excluding hydrogens is 258 g/mol. The molecule has 2 heterocycles. The van der Waals surface area contributed by atoms with Gasteiger partial charge in [0.2, 0.25) is 5.91 Å². The van der Waals surface area contributed by atoms with E-state index in [4.69, 9.17) is 5.11 Å². The van der Waals surface area contributed by atoms with Crippen LogP contribution in [0, 0.1) is 5.92 Å². The van der Waals surface area contributed by atoms with Crippen molar-refractivity contribution in [1.82, 2.24) is 10.3 Å². The number of aliphatic carboxylic acids is 1. The predicted octanol–water partition coefficient (Wildman–Crippen LogP) is 0.889. The monoisotopic (exact) mass is 277 g/mol. The fourth-order valence-corrected chi connectivity index (χ4v) is 2.38. The van der Waals surface area contributed by atoms with Crippen LogP contribution in [0.4, 0.5) is 5.82 Å². The Kier molecular flexibility index (Phi) is 4.92.